The lowest BCUT2D eigenvalue weighted by molar-refractivity contribution is 1.13. The molecule has 4 nitrogen and oxygen atoms in total. The van der Waals surface area contributed by atoms with Crippen LogP contribution in [0.1, 0.15) is 11.4 Å². The van der Waals surface area contributed by atoms with Gasteiger partial charge in [0.2, 0.25) is 0 Å². The van der Waals surface area contributed by atoms with Gasteiger partial charge in [-0.3, -0.25) is 9.80 Å². The Morgan fingerprint density at radius 3 is 1.19 bits per heavy atom. The van der Waals surface area contributed by atoms with Crippen molar-refractivity contribution in [3.05, 3.63) is 181 Å². The highest BCUT2D eigenvalue weighted by Gasteiger charge is 2.23. The van der Waals surface area contributed by atoms with Crippen molar-refractivity contribution >= 4 is 88.2 Å². The van der Waals surface area contributed by atoms with Gasteiger partial charge in [-0.1, -0.05) is 109 Å². The molecule has 0 fully saturated rings. The van der Waals surface area contributed by atoms with Crippen molar-refractivity contribution in [2.75, 3.05) is 9.80 Å². The van der Waals surface area contributed by atoms with Crippen LogP contribution in [-0.2, 0) is 0 Å². The van der Waals surface area contributed by atoms with E-state index >= 15 is 0 Å². The van der Waals surface area contributed by atoms with E-state index in [1.54, 1.807) is 0 Å². The fourth-order valence-corrected chi connectivity index (χ4v) is 7.89. The van der Waals surface area contributed by atoms with E-state index in [2.05, 4.69) is 194 Å². The molecule has 0 aliphatic heterocycles. The molecule has 8 aromatic carbocycles. The summed E-state index contributed by atoms with van der Waals surface area (Å²) in [5, 5.41) is 12.1. The van der Waals surface area contributed by atoms with Gasteiger partial charge in [-0.2, -0.15) is 0 Å². The number of nitrogens with zero attached hydrogens (tertiary/aromatic N) is 4. The summed E-state index contributed by atoms with van der Waals surface area (Å²) in [6.07, 6.45) is 0. The second-order valence-electron chi connectivity index (χ2n) is 13.6. The molecule has 0 aliphatic rings. The van der Waals surface area contributed by atoms with Gasteiger partial charge < -0.3 is 0 Å². The van der Waals surface area contributed by atoms with Gasteiger partial charge in [0.1, 0.15) is 11.6 Å². The topological polar surface area (TPSA) is 32.3 Å². The molecule has 0 saturated heterocycles. The number of benzene rings is 8. The number of hydrogen-bond acceptors (Lipinski definition) is 4. The van der Waals surface area contributed by atoms with Crippen LogP contribution in [0.25, 0.3) is 53.9 Å². The molecule has 10 aromatic rings. The van der Waals surface area contributed by atoms with Crippen molar-refractivity contribution in [1.29, 1.82) is 0 Å². The van der Waals surface area contributed by atoms with Crippen LogP contribution < -0.4 is 9.80 Å². The Kier molecular flexibility index (Phi) is 6.90. The first-order valence-electron chi connectivity index (χ1n) is 17.7. The molecule has 0 atom stereocenters. The summed E-state index contributed by atoms with van der Waals surface area (Å²) in [5.41, 5.74) is 6.27. The molecule has 4 heteroatoms. The highest BCUT2D eigenvalue weighted by Crippen LogP contribution is 2.47. The molecule has 246 valence electrons. The van der Waals surface area contributed by atoms with Crippen LogP contribution in [0.3, 0.4) is 0 Å². The molecular weight excluding hydrogens is 633 g/mol. The van der Waals surface area contributed by atoms with Crippen LogP contribution in [0.5, 0.6) is 0 Å². The highest BCUT2D eigenvalue weighted by atomic mass is 15.2. The molecule has 0 saturated carbocycles. The number of pyridine rings is 2. The van der Waals surface area contributed by atoms with Crippen molar-refractivity contribution in [2.24, 2.45) is 0 Å². The number of aryl methyl sites for hydroxylation is 2. The van der Waals surface area contributed by atoms with Crippen LogP contribution in [0.2, 0.25) is 0 Å². The average molecular weight is 667 g/mol. The zero-order valence-corrected chi connectivity index (χ0v) is 29.0. The Bertz CT molecular complexity index is 2760. The van der Waals surface area contributed by atoms with Gasteiger partial charge in [0, 0.05) is 33.5 Å². The second-order valence-corrected chi connectivity index (χ2v) is 13.6. The number of hydrogen-bond donors (Lipinski definition) is 0. The summed E-state index contributed by atoms with van der Waals surface area (Å²) in [4.78, 5) is 14.7. The smallest absolute Gasteiger partial charge is 0.137 e. The number of fused-ring (bicyclic) bond motifs is 2. The molecular formula is C48H34N4. The van der Waals surface area contributed by atoms with E-state index in [9.17, 15) is 0 Å². The van der Waals surface area contributed by atoms with E-state index < -0.39 is 0 Å². The quantitative estimate of drug-likeness (QED) is 0.165. The van der Waals surface area contributed by atoms with Crippen LogP contribution in [0.15, 0.2) is 170 Å². The molecule has 2 aromatic heterocycles. The fourth-order valence-electron chi connectivity index (χ4n) is 7.89. The van der Waals surface area contributed by atoms with E-state index in [4.69, 9.17) is 9.97 Å². The fraction of sp³-hybridized carbons (Fsp3) is 0.0417. The summed E-state index contributed by atoms with van der Waals surface area (Å²) < 4.78 is 0. The maximum Gasteiger partial charge on any atom is 0.137 e. The van der Waals surface area contributed by atoms with Gasteiger partial charge in [-0.15, -0.1) is 0 Å². The van der Waals surface area contributed by atoms with E-state index in [1.807, 2.05) is 0 Å². The number of rotatable bonds is 6. The number of anilines is 6. The lowest BCUT2D eigenvalue weighted by Gasteiger charge is -2.29. The Morgan fingerprint density at radius 2 is 0.750 bits per heavy atom. The standard InChI is InChI=1S/C48H34N4/c1-31-9-7-15-45(49-31)51(39-23-17-33-11-3-5-13-37(33)29-39)43-27-21-35-20-26-42-44(28-22-36-19-25-41(43)47(35)48(36)42)52(46-16-8-10-32(2)50-46)40-24-18-34-12-4-6-14-38(34)30-40/h3-30H,1-2H3. The minimum absolute atomic E-state index is 0.888. The van der Waals surface area contributed by atoms with Gasteiger partial charge in [0.15, 0.2) is 0 Å². The third kappa shape index (κ3) is 4.91. The second kappa shape index (κ2) is 11.9. The highest BCUT2D eigenvalue weighted by molar-refractivity contribution is 6.28. The summed E-state index contributed by atoms with van der Waals surface area (Å²) in [5.74, 6) is 1.78. The Hall–Kier alpha value is -6.78. The summed E-state index contributed by atoms with van der Waals surface area (Å²) >= 11 is 0. The van der Waals surface area contributed by atoms with Crippen LogP contribution in [0.4, 0.5) is 34.4 Å². The zero-order valence-electron chi connectivity index (χ0n) is 29.0. The van der Waals surface area contributed by atoms with Gasteiger partial charge in [-0.05, 0) is 118 Å². The average Bonchev–Trinajstić information content (AvgIpc) is 3.18. The summed E-state index contributed by atoms with van der Waals surface area (Å²) in [6, 6.07) is 61.1. The SMILES string of the molecule is Cc1cccc(N(c2ccc3ccccc3c2)c2ccc3ccc4c(N(c5ccc6ccccc6c5)c5cccc(C)n5)ccc5ccc2c3c54)n1. The third-order valence-corrected chi connectivity index (χ3v) is 10.3. The summed E-state index contributed by atoms with van der Waals surface area (Å²) in [6.45, 7) is 4.11. The van der Waals surface area contributed by atoms with Crippen LogP contribution in [0, 0.1) is 13.8 Å². The Morgan fingerprint density at radius 1 is 0.346 bits per heavy atom. The van der Waals surface area contributed by atoms with Crippen molar-refractivity contribution in [1.82, 2.24) is 9.97 Å². The molecule has 0 bridgehead atoms. The molecule has 0 spiro atoms. The molecule has 0 radical (unpaired) electrons. The van der Waals surface area contributed by atoms with E-state index in [-0.39, 0.29) is 0 Å². The molecule has 2 heterocycles. The zero-order chi connectivity index (χ0) is 34.8. The van der Waals surface area contributed by atoms with Gasteiger partial charge in [-0.25, -0.2) is 9.97 Å². The van der Waals surface area contributed by atoms with Crippen LogP contribution in [-0.4, -0.2) is 9.97 Å². The molecule has 0 aliphatic carbocycles. The van der Waals surface area contributed by atoms with Gasteiger partial charge in [0.25, 0.3) is 0 Å². The van der Waals surface area contributed by atoms with Gasteiger partial charge in [0.05, 0.1) is 11.4 Å². The maximum absolute atomic E-state index is 5.06. The molecule has 52 heavy (non-hydrogen) atoms. The normalized spacial score (nSPS) is 11.7. The van der Waals surface area contributed by atoms with Gasteiger partial charge >= 0.3 is 0 Å². The monoisotopic (exact) mass is 666 g/mol. The lowest BCUT2D eigenvalue weighted by atomic mass is 9.92. The van der Waals surface area contributed by atoms with Crippen molar-refractivity contribution < 1.29 is 0 Å². The van der Waals surface area contributed by atoms with Crippen molar-refractivity contribution in [3.63, 3.8) is 0 Å². The van der Waals surface area contributed by atoms with E-state index in [0.717, 1.165) is 45.8 Å². The molecule has 0 unspecified atom stereocenters. The lowest BCUT2D eigenvalue weighted by Crippen LogP contribution is -2.13. The van der Waals surface area contributed by atoms with Crippen LogP contribution >= 0.6 is 0 Å². The minimum atomic E-state index is 0.888. The number of aromatic nitrogens is 2. The molecule has 0 amide bonds. The maximum atomic E-state index is 5.06. The predicted molar refractivity (Wildman–Crippen MR) is 220 cm³/mol. The first kappa shape index (κ1) is 30.1. The molecule has 0 N–H and O–H groups in total. The first-order chi connectivity index (χ1) is 25.6. The Balaban J connectivity index is 1.24. The largest absolute Gasteiger partial charge is 0.294 e. The van der Waals surface area contributed by atoms with E-state index in [0.29, 0.717) is 0 Å². The molecule has 10 rings (SSSR count). The van der Waals surface area contributed by atoms with Crippen molar-refractivity contribution in [3.8, 4) is 0 Å². The summed E-state index contributed by atoms with van der Waals surface area (Å²) in [7, 11) is 0. The minimum Gasteiger partial charge on any atom is -0.294 e. The van der Waals surface area contributed by atoms with Crippen molar-refractivity contribution in [2.45, 2.75) is 13.8 Å². The first-order valence-corrected chi connectivity index (χ1v) is 17.7. The third-order valence-electron chi connectivity index (χ3n) is 10.3. The van der Waals surface area contributed by atoms with E-state index in [1.165, 1.54) is 53.9 Å². The predicted octanol–water partition coefficient (Wildman–Crippen LogP) is 13.2. The Labute approximate surface area is 302 Å².